The fraction of sp³-hybridized carbons (Fsp3) is 1.00. The normalized spacial score (nSPS) is 45.4. The van der Waals surface area contributed by atoms with Gasteiger partial charge in [-0.1, -0.05) is 6.92 Å². The van der Waals surface area contributed by atoms with Crippen molar-refractivity contribution in [2.45, 2.75) is 51.2 Å². The van der Waals surface area contributed by atoms with Crippen molar-refractivity contribution in [1.82, 2.24) is 0 Å². The summed E-state index contributed by atoms with van der Waals surface area (Å²) in [6.45, 7) is 5.29. The van der Waals surface area contributed by atoms with Crippen LogP contribution in [0.5, 0.6) is 0 Å². The molecule has 0 aromatic heterocycles. The van der Waals surface area contributed by atoms with E-state index < -0.39 is 24.3 Å². The first-order valence-electron chi connectivity index (χ1n) is 5.24. The Kier molecular flexibility index (Phi) is 2.77. The van der Waals surface area contributed by atoms with Gasteiger partial charge in [0.2, 0.25) is 0 Å². The Morgan fingerprint density at radius 1 is 1.33 bits per heavy atom. The summed E-state index contributed by atoms with van der Waals surface area (Å²) in [5, 5.41) is 18.4. The maximum atomic E-state index is 9.53. The third kappa shape index (κ3) is 1.90. The summed E-state index contributed by atoms with van der Waals surface area (Å²) >= 11 is 0. The molecular weight excluding hydrogens is 200 g/mol. The highest BCUT2D eigenvalue weighted by Crippen LogP contribution is 2.41. The maximum absolute atomic E-state index is 9.53. The molecule has 0 saturated carbocycles. The maximum Gasteiger partial charge on any atom is 0.187 e. The second-order valence-electron chi connectivity index (χ2n) is 4.68. The van der Waals surface area contributed by atoms with Gasteiger partial charge in [-0.2, -0.15) is 0 Å². The molecule has 5 atom stereocenters. The lowest BCUT2D eigenvalue weighted by Gasteiger charge is -2.25. The molecule has 0 aliphatic carbocycles. The number of ether oxygens (including phenoxy) is 3. The number of hydrogen-bond acceptors (Lipinski definition) is 5. The average molecular weight is 218 g/mol. The molecule has 2 N–H and O–H groups in total. The van der Waals surface area contributed by atoms with Crippen molar-refractivity contribution in [3.63, 3.8) is 0 Å². The van der Waals surface area contributed by atoms with Gasteiger partial charge < -0.3 is 24.4 Å². The van der Waals surface area contributed by atoms with Crippen LogP contribution in [0.2, 0.25) is 0 Å². The molecule has 2 unspecified atom stereocenters. The first-order chi connectivity index (χ1) is 6.94. The van der Waals surface area contributed by atoms with E-state index in [-0.39, 0.29) is 18.6 Å². The Bertz CT molecular complexity index is 242. The predicted octanol–water partition coefficient (Wildman–Crippen LogP) is -0.148. The lowest BCUT2D eigenvalue weighted by Crippen LogP contribution is -2.37. The van der Waals surface area contributed by atoms with Gasteiger partial charge in [-0.25, -0.2) is 0 Å². The predicted molar refractivity (Wildman–Crippen MR) is 51.0 cm³/mol. The molecule has 2 aliphatic heterocycles. The molecule has 88 valence electrons. The molecule has 2 aliphatic rings. The van der Waals surface area contributed by atoms with Crippen LogP contribution in [0.25, 0.3) is 0 Å². The molecule has 0 amide bonds. The monoisotopic (exact) mass is 218 g/mol. The van der Waals surface area contributed by atoms with Crippen LogP contribution in [0, 0.1) is 5.92 Å². The zero-order valence-corrected chi connectivity index (χ0v) is 9.21. The van der Waals surface area contributed by atoms with Crippen molar-refractivity contribution < 1.29 is 24.4 Å². The lowest BCUT2D eigenvalue weighted by atomic mass is 9.97. The van der Waals surface area contributed by atoms with Crippen LogP contribution in [0.15, 0.2) is 0 Å². The van der Waals surface area contributed by atoms with Crippen LogP contribution in [-0.4, -0.2) is 47.2 Å². The van der Waals surface area contributed by atoms with Gasteiger partial charge in [-0.05, 0) is 13.8 Å². The minimum Gasteiger partial charge on any atom is -0.394 e. The minimum atomic E-state index is -0.874. The third-order valence-electron chi connectivity index (χ3n) is 2.98. The Morgan fingerprint density at radius 3 is 2.53 bits per heavy atom. The highest BCUT2D eigenvalue weighted by atomic mass is 16.8. The van der Waals surface area contributed by atoms with Gasteiger partial charge in [-0.3, -0.25) is 0 Å². The molecule has 2 rings (SSSR count). The molecule has 0 spiro atoms. The molecule has 2 saturated heterocycles. The van der Waals surface area contributed by atoms with Gasteiger partial charge >= 0.3 is 0 Å². The Hall–Kier alpha value is -0.200. The van der Waals surface area contributed by atoms with Gasteiger partial charge in [0.1, 0.15) is 12.2 Å². The molecule has 5 nitrogen and oxygen atoms in total. The van der Waals surface area contributed by atoms with E-state index in [9.17, 15) is 5.11 Å². The van der Waals surface area contributed by atoms with E-state index in [2.05, 4.69) is 0 Å². The van der Waals surface area contributed by atoms with Crippen molar-refractivity contribution >= 4 is 0 Å². The van der Waals surface area contributed by atoms with Crippen LogP contribution in [0.3, 0.4) is 0 Å². The zero-order valence-electron chi connectivity index (χ0n) is 9.21. The van der Waals surface area contributed by atoms with E-state index in [4.69, 9.17) is 19.3 Å². The second kappa shape index (κ2) is 3.68. The van der Waals surface area contributed by atoms with Gasteiger partial charge in [0, 0.05) is 5.92 Å². The standard InChI is InChI=1S/C10H18O5/c1-5-7(6(12)4-11)13-9-8(5)14-10(2,3)15-9/h5-9,11-12H,4H2,1-3H3/t5-,6?,7?,8-,9-/m1/s1. The van der Waals surface area contributed by atoms with Gasteiger partial charge in [-0.15, -0.1) is 0 Å². The van der Waals surface area contributed by atoms with Crippen molar-refractivity contribution in [2.24, 2.45) is 5.92 Å². The molecule has 2 heterocycles. The first kappa shape index (κ1) is 11.3. The van der Waals surface area contributed by atoms with Gasteiger partial charge in [0.15, 0.2) is 12.1 Å². The van der Waals surface area contributed by atoms with E-state index in [1.54, 1.807) is 0 Å². The Labute approximate surface area is 88.9 Å². The van der Waals surface area contributed by atoms with Crippen molar-refractivity contribution in [3.8, 4) is 0 Å². The van der Waals surface area contributed by atoms with Crippen LogP contribution in [0.1, 0.15) is 20.8 Å². The molecule has 0 radical (unpaired) electrons. The molecular formula is C10H18O5. The number of fused-ring (bicyclic) bond motifs is 1. The van der Waals surface area contributed by atoms with Gasteiger partial charge in [0.05, 0.1) is 12.7 Å². The van der Waals surface area contributed by atoms with Crippen LogP contribution in [0.4, 0.5) is 0 Å². The number of hydrogen-bond donors (Lipinski definition) is 2. The molecule has 0 aromatic rings. The third-order valence-corrected chi connectivity index (χ3v) is 2.98. The van der Waals surface area contributed by atoms with E-state index >= 15 is 0 Å². The SMILES string of the molecule is C[C@@H]1C(C(O)CO)O[C@@H]2OC(C)(C)O[C@@H]21. The van der Waals surface area contributed by atoms with E-state index in [0.29, 0.717) is 0 Å². The van der Waals surface area contributed by atoms with Gasteiger partial charge in [0.25, 0.3) is 0 Å². The summed E-state index contributed by atoms with van der Waals surface area (Å²) in [6, 6.07) is 0. The molecule has 5 heteroatoms. The summed E-state index contributed by atoms with van der Waals surface area (Å²) in [5.41, 5.74) is 0. The molecule has 0 aromatic carbocycles. The van der Waals surface area contributed by atoms with Crippen LogP contribution >= 0.6 is 0 Å². The number of rotatable bonds is 2. The molecule has 15 heavy (non-hydrogen) atoms. The summed E-state index contributed by atoms with van der Waals surface area (Å²) in [7, 11) is 0. The van der Waals surface area contributed by atoms with Crippen LogP contribution in [-0.2, 0) is 14.2 Å². The van der Waals surface area contributed by atoms with Crippen molar-refractivity contribution in [3.05, 3.63) is 0 Å². The van der Waals surface area contributed by atoms with Crippen LogP contribution < -0.4 is 0 Å². The lowest BCUT2D eigenvalue weighted by molar-refractivity contribution is -0.221. The molecule has 2 fully saturated rings. The quantitative estimate of drug-likeness (QED) is 0.674. The minimum absolute atomic E-state index is 0.0129. The number of aliphatic hydroxyl groups excluding tert-OH is 2. The van der Waals surface area contributed by atoms with Crippen molar-refractivity contribution in [2.75, 3.05) is 6.61 Å². The second-order valence-corrected chi connectivity index (χ2v) is 4.68. The average Bonchev–Trinajstić information content (AvgIpc) is 2.60. The first-order valence-corrected chi connectivity index (χ1v) is 5.24. The van der Waals surface area contributed by atoms with Crippen molar-refractivity contribution in [1.29, 1.82) is 0 Å². The fourth-order valence-corrected chi connectivity index (χ4v) is 2.23. The Balaban J connectivity index is 2.05. The summed E-state index contributed by atoms with van der Waals surface area (Å²) in [5.74, 6) is -0.613. The summed E-state index contributed by atoms with van der Waals surface area (Å²) < 4.78 is 16.7. The Morgan fingerprint density at radius 2 is 2.00 bits per heavy atom. The highest BCUT2D eigenvalue weighted by molar-refractivity contribution is 4.93. The van der Waals surface area contributed by atoms with E-state index in [1.807, 2.05) is 20.8 Å². The largest absolute Gasteiger partial charge is 0.394 e. The number of aliphatic hydroxyl groups is 2. The molecule has 0 bridgehead atoms. The van der Waals surface area contributed by atoms with E-state index in [1.165, 1.54) is 0 Å². The smallest absolute Gasteiger partial charge is 0.187 e. The topological polar surface area (TPSA) is 68.2 Å². The fourth-order valence-electron chi connectivity index (χ4n) is 2.23. The summed E-state index contributed by atoms with van der Waals surface area (Å²) in [6.07, 6.45) is -1.88. The van der Waals surface area contributed by atoms with E-state index in [0.717, 1.165) is 0 Å². The zero-order chi connectivity index (χ0) is 11.2. The summed E-state index contributed by atoms with van der Waals surface area (Å²) in [4.78, 5) is 0. The highest BCUT2D eigenvalue weighted by Gasteiger charge is 2.54.